The van der Waals surface area contributed by atoms with E-state index in [1.807, 2.05) is 17.0 Å². The zero-order chi connectivity index (χ0) is 21.4. The summed E-state index contributed by atoms with van der Waals surface area (Å²) in [6, 6.07) is 3.84. The summed E-state index contributed by atoms with van der Waals surface area (Å²) in [5.74, 6) is 2.27. The highest BCUT2D eigenvalue weighted by molar-refractivity contribution is 5.80. The maximum atomic E-state index is 12.3. The monoisotopic (exact) mass is 418 g/mol. The van der Waals surface area contributed by atoms with Crippen LogP contribution in [0.4, 0.5) is 13.2 Å². The second-order valence-corrected chi connectivity index (χ2v) is 6.64. The highest BCUT2D eigenvalue weighted by Crippen LogP contribution is 2.38. The van der Waals surface area contributed by atoms with E-state index in [0.29, 0.717) is 42.8 Å². The highest BCUT2D eigenvalue weighted by atomic mass is 19.4. The van der Waals surface area contributed by atoms with E-state index < -0.39 is 12.6 Å². The molecule has 1 fully saturated rings. The molecule has 1 aromatic carbocycles. The van der Waals surface area contributed by atoms with Gasteiger partial charge in [0.05, 0.1) is 27.8 Å². The van der Waals surface area contributed by atoms with Crippen molar-refractivity contribution in [3.63, 3.8) is 0 Å². The SMILES string of the molecule is CN=C(NCCC(F)(F)F)N1CCN(Cc2cc(OC)c(OC)c(OC)c2)CC1. The molecule has 1 aliphatic heterocycles. The minimum atomic E-state index is -4.18. The van der Waals surface area contributed by atoms with Crippen molar-refractivity contribution in [2.45, 2.75) is 19.1 Å². The molecule has 1 aliphatic rings. The lowest BCUT2D eigenvalue weighted by molar-refractivity contribution is -0.132. The molecule has 0 amide bonds. The number of hydrogen-bond donors (Lipinski definition) is 1. The quantitative estimate of drug-likeness (QED) is 0.542. The van der Waals surface area contributed by atoms with Crippen LogP contribution in [0, 0.1) is 0 Å². The van der Waals surface area contributed by atoms with Crippen LogP contribution in [0.2, 0.25) is 0 Å². The third-order valence-corrected chi connectivity index (χ3v) is 4.71. The fourth-order valence-electron chi connectivity index (χ4n) is 3.25. The molecular formula is C19H29F3N4O3. The fraction of sp³-hybridized carbons (Fsp3) is 0.632. The number of methoxy groups -OCH3 is 3. The molecule has 0 bridgehead atoms. The zero-order valence-corrected chi connectivity index (χ0v) is 17.3. The summed E-state index contributed by atoms with van der Waals surface area (Å²) in [7, 11) is 6.31. The number of benzene rings is 1. The van der Waals surface area contributed by atoms with Crippen molar-refractivity contribution in [3.8, 4) is 17.2 Å². The van der Waals surface area contributed by atoms with Crippen molar-refractivity contribution in [3.05, 3.63) is 17.7 Å². The van der Waals surface area contributed by atoms with Crippen LogP contribution in [-0.4, -0.2) is 83.0 Å². The van der Waals surface area contributed by atoms with Gasteiger partial charge in [-0.15, -0.1) is 0 Å². The van der Waals surface area contributed by atoms with Gasteiger partial charge in [-0.3, -0.25) is 9.89 Å². The predicted octanol–water partition coefficient (Wildman–Crippen LogP) is 2.36. The molecule has 7 nitrogen and oxygen atoms in total. The molecule has 0 saturated carbocycles. The molecule has 29 heavy (non-hydrogen) atoms. The molecule has 0 aromatic heterocycles. The number of nitrogens with zero attached hydrogens (tertiary/aromatic N) is 3. The summed E-state index contributed by atoms with van der Waals surface area (Å²) in [6.45, 7) is 3.39. The average Bonchev–Trinajstić information content (AvgIpc) is 2.70. The highest BCUT2D eigenvalue weighted by Gasteiger charge is 2.27. The Balaban J connectivity index is 1.92. The summed E-state index contributed by atoms with van der Waals surface area (Å²) in [4.78, 5) is 8.34. The van der Waals surface area contributed by atoms with Gasteiger partial charge in [0.2, 0.25) is 5.75 Å². The molecule has 1 saturated heterocycles. The Hall–Kier alpha value is -2.36. The van der Waals surface area contributed by atoms with Gasteiger partial charge in [-0.05, 0) is 17.7 Å². The molecule has 0 atom stereocenters. The number of piperazine rings is 1. The van der Waals surface area contributed by atoms with E-state index in [-0.39, 0.29) is 6.54 Å². The van der Waals surface area contributed by atoms with Crippen molar-refractivity contribution in [1.29, 1.82) is 0 Å². The van der Waals surface area contributed by atoms with E-state index >= 15 is 0 Å². The summed E-state index contributed by atoms with van der Waals surface area (Å²) < 4.78 is 53.2. The number of rotatable bonds is 7. The molecule has 0 unspecified atom stereocenters. The van der Waals surface area contributed by atoms with Crippen LogP contribution in [0.5, 0.6) is 17.2 Å². The number of guanidine groups is 1. The molecule has 10 heteroatoms. The van der Waals surface area contributed by atoms with Gasteiger partial charge in [-0.2, -0.15) is 13.2 Å². The van der Waals surface area contributed by atoms with Crippen LogP contribution in [0.1, 0.15) is 12.0 Å². The molecular weight excluding hydrogens is 389 g/mol. The summed E-state index contributed by atoms with van der Waals surface area (Å²) in [6.07, 6.45) is -5.06. The van der Waals surface area contributed by atoms with Crippen LogP contribution in [-0.2, 0) is 6.54 Å². The third kappa shape index (κ3) is 6.59. The number of alkyl halides is 3. The van der Waals surface area contributed by atoms with Crippen molar-refractivity contribution in [1.82, 2.24) is 15.1 Å². The predicted molar refractivity (Wildman–Crippen MR) is 105 cm³/mol. The fourth-order valence-corrected chi connectivity index (χ4v) is 3.25. The Morgan fingerprint density at radius 2 is 1.62 bits per heavy atom. The maximum absolute atomic E-state index is 12.3. The second kappa shape index (κ2) is 10.4. The van der Waals surface area contributed by atoms with Crippen LogP contribution in [0.25, 0.3) is 0 Å². The average molecular weight is 418 g/mol. The van der Waals surface area contributed by atoms with E-state index in [9.17, 15) is 13.2 Å². The Bertz CT molecular complexity index is 665. The number of ether oxygens (including phenoxy) is 3. The van der Waals surface area contributed by atoms with Crippen molar-refractivity contribution < 1.29 is 27.4 Å². The summed E-state index contributed by atoms with van der Waals surface area (Å²) in [5.41, 5.74) is 1.03. The smallest absolute Gasteiger partial charge is 0.390 e. The molecule has 0 spiro atoms. The van der Waals surface area contributed by atoms with E-state index in [4.69, 9.17) is 14.2 Å². The molecule has 0 aliphatic carbocycles. The first-order valence-corrected chi connectivity index (χ1v) is 9.34. The lowest BCUT2D eigenvalue weighted by Gasteiger charge is -2.36. The Kier molecular flexibility index (Phi) is 8.24. The Morgan fingerprint density at radius 3 is 2.07 bits per heavy atom. The number of hydrogen-bond acceptors (Lipinski definition) is 5. The van der Waals surface area contributed by atoms with Crippen molar-refractivity contribution in [2.24, 2.45) is 4.99 Å². The lowest BCUT2D eigenvalue weighted by Crippen LogP contribution is -2.52. The van der Waals surface area contributed by atoms with Crippen molar-refractivity contribution >= 4 is 5.96 Å². The largest absolute Gasteiger partial charge is 0.493 e. The molecule has 1 aromatic rings. The van der Waals surface area contributed by atoms with Crippen LogP contribution >= 0.6 is 0 Å². The van der Waals surface area contributed by atoms with E-state index in [1.165, 1.54) is 0 Å². The van der Waals surface area contributed by atoms with E-state index in [1.54, 1.807) is 28.4 Å². The summed E-state index contributed by atoms with van der Waals surface area (Å²) in [5, 5.41) is 2.79. The van der Waals surface area contributed by atoms with Gasteiger partial charge in [-0.25, -0.2) is 0 Å². The minimum Gasteiger partial charge on any atom is -0.493 e. The lowest BCUT2D eigenvalue weighted by atomic mass is 10.1. The van der Waals surface area contributed by atoms with Gasteiger partial charge in [-0.1, -0.05) is 0 Å². The molecule has 2 rings (SSSR count). The van der Waals surface area contributed by atoms with Crippen LogP contribution in [0.3, 0.4) is 0 Å². The molecule has 1 heterocycles. The Morgan fingerprint density at radius 1 is 1.03 bits per heavy atom. The van der Waals surface area contributed by atoms with E-state index in [0.717, 1.165) is 18.7 Å². The standard InChI is InChI=1S/C19H29F3N4O3/c1-23-18(24-6-5-19(20,21)22)26-9-7-25(8-10-26)13-14-11-15(27-2)17(29-4)16(12-14)28-3/h11-12H,5-10,13H2,1-4H3,(H,23,24). The van der Waals surface area contributed by atoms with Gasteiger partial charge >= 0.3 is 6.18 Å². The Labute approximate surface area is 169 Å². The third-order valence-electron chi connectivity index (χ3n) is 4.71. The van der Waals surface area contributed by atoms with Gasteiger partial charge in [0.25, 0.3) is 0 Å². The normalized spacial score (nSPS) is 16.0. The van der Waals surface area contributed by atoms with Gasteiger partial charge in [0, 0.05) is 46.3 Å². The topological polar surface area (TPSA) is 58.6 Å². The molecule has 164 valence electrons. The second-order valence-electron chi connectivity index (χ2n) is 6.64. The van der Waals surface area contributed by atoms with Crippen LogP contribution in [0.15, 0.2) is 17.1 Å². The van der Waals surface area contributed by atoms with E-state index in [2.05, 4.69) is 15.2 Å². The first kappa shape index (κ1) is 22.9. The van der Waals surface area contributed by atoms with Gasteiger partial charge in [0.15, 0.2) is 17.5 Å². The summed E-state index contributed by atoms with van der Waals surface area (Å²) >= 11 is 0. The van der Waals surface area contributed by atoms with Crippen LogP contribution < -0.4 is 19.5 Å². The number of aliphatic imine (C=N–C) groups is 1. The first-order valence-electron chi connectivity index (χ1n) is 9.34. The van der Waals surface area contributed by atoms with Crippen molar-refractivity contribution in [2.75, 3.05) is 61.1 Å². The maximum Gasteiger partial charge on any atom is 0.390 e. The minimum absolute atomic E-state index is 0.179. The van der Waals surface area contributed by atoms with Gasteiger partial charge in [0.1, 0.15) is 0 Å². The molecule has 0 radical (unpaired) electrons. The zero-order valence-electron chi connectivity index (χ0n) is 17.3. The van der Waals surface area contributed by atoms with Gasteiger partial charge < -0.3 is 24.4 Å². The number of halogens is 3. The number of nitrogens with one attached hydrogen (secondary N) is 1. The first-order chi connectivity index (χ1) is 13.8. The molecule has 1 N–H and O–H groups in total.